The second-order valence-corrected chi connectivity index (χ2v) is 3.54. The molecular weight excluding hydrogens is 210 g/mol. The van der Waals surface area contributed by atoms with Gasteiger partial charge in [-0.1, -0.05) is 24.3 Å². The Morgan fingerprint density at radius 1 is 1.33 bits per heavy atom. The average Bonchev–Trinajstić information content (AvgIpc) is 2.28. The van der Waals surface area contributed by atoms with Crippen LogP contribution in [0.4, 0.5) is 5.69 Å². The molecule has 0 aliphatic carbocycles. The van der Waals surface area contributed by atoms with E-state index in [0.717, 1.165) is 10.8 Å². The number of nitrogens with zero attached hydrogens (tertiary/aromatic N) is 1. The van der Waals surface area contributed by atoms with Crippen LogP contribution < -0.4 is 4.74 Å². The molecule has 2 rings (SSSR count). The quantitative estimate of drug-likeness (QED) is 0.619. The molecule has 0 spiro atoms. The molecule has 0 bridgehead atoms. The summed E-state index contributed by atoms with van der Waals surface area (Å²) >= 11 is 4.23. The van der Waals surface area contributed by atoms with Crippen LogP contribution in [-0.4, -0.2) is 7.11 Å². The summed E-state index contributed by atoms with van der Waals surface area (Å²) in [5.41, 5.74) is 0.327. The molecule has 0 aliphatic heterocycles. The lowest BCUT2D eigenvalue weighted by Crippen LogP contribution is -1.86. The largest absolute Gasteiger partial charge is 0.495 e. The highest BCUT2D eigenvalue weighted by molar-refractivity contribution is 7.80. The van der Waals surface area contributed by atoms with E-state index in [1.165, 1.54) is 0 Å². The van der Waals surface area contributed by atoms with Crippen molar-refractivity contribution in [1.82, 2.24) is 0 Å². The van der Waals surface area contributed by atoms with Crippen LogP contribution in [0.1, 0.15) is 0 Å². The van der Waals surface area contributed by atoms with E-state index in [4.69, 9.17) is 4.74 Å². The van der Waals surface area contributed by atoms with E-state index in [9.17, 15) is 4.91 Å². The fraction of sp³-hybridized carbons (Fsp3) is 0.0909. The van der Waals surface area contributed by atoms with Crippen molar-refractivity contribution < 1.29 is 4.74 Å². The van der Waals surface area contributed by atoms with Crippen molar-refractivity contribution in [2.45, 2.75) is 4.90 Å². The van der Waals surface area contributed by atoms with Gasteiger partial charge in [0.25, 0.3) is 0 Å². The first-order valence-corrected chi connectivity index (χ1v) is 4.84. The number of thiol groups is 1. The van der Waals surface area contributed by atoms with Crippen LogP contribution >= 0.6 is 12.6 Å². The van der Waals surface area contributed by atoms with Crippen LogP contribution in [0.3, 0.4) is 0 Å². The van der Waals surface area contributed by atoms with Crippen molar-refractivity contribution in [3.05, 3.63) is 35.2 Å². The monoisotopic (exact) mass is 219 g/mol. The van der Waals surface area contributed by atoms with Gasteiger partial charge in [0.05, 0.1) is 12.0 Å². The fourth-order valence-electron chi connectivity index (χ4n) is 1.54. The van der Waals surface area contributed by atoms with Gasteiger partial charge >= 0.3 is 0 Å². The SMILES string of the molecule is COc1cc2ccccc2c(N=O)c1S. The number of fused-ring (bicyclic) bond motifs is 1. The minimum absolute atomic E-state index is 0.327. The van der Waals surface area contributed by atoms with Gasteiger partial charge in [-0.2, -0.15) is 0 Å². The number of rotatable bonds is 2. The Bertz CT molecular complexity index is 525. The van der Waals surface area contributed by atoms with Gasteiger partial charge in [0.15, 0.2) is 0 Å². The van der Waals surface area contributed by atoms with Gasteiger partial charge in [0, 0.05) is 5.39 Å². The van der Waals surface area contributed by atoms with Crippen molar-refractivity contribution in [3.63, 3.8) is 0 Å². The Morgan fingerprint density at radius 3 is 2.73 bits per heavy atom. The van der Waals surface area contributed by atoms with Gasteiger partial charge in [-0.3, -0.25) is 0 Å². The molecule has 0 heterocycles. The summed E-state index contributed by atoms with van der Waals surface area (Å²) < 4.78 is 5.12. The van der Waals surface area contributed by atoms with Crippen LogP contribution in [0.25, 0.3) is 10.8 Å². The van der Waals surface area contributed by atoms with Gasteiger partial charge < -0.3 is 4.74 Å². The Kier molecular flexibility index (Phi) is 2.60. The highest BCUT2D eigenvalue weighted by Gasteiger charge is 2.11. The van der Waals surface area contributed by atoms with Crippen molar-refractivity contribution >= 4 is 29.1 Å². The maximum Gasteiger partial charge on any atom is 0.135 e. The molecule has 0 amide bonds. The van der Waals surface area contributed by atoms with Crippen LogP contribution in [0, 0.1) is 4.91 Å². The minimum Gasteiger partial charge on any atom is -0.495 e. The molecule has 2 aromatic rings. The number of nitroso groups, excluding NO2 is 1. The minimum atomic E-state index is 0.327. The molecule has 15 heavy (non-hydrogen) atoms. The molecule has 0 atom stereocenters. The molecule has 0 aliphatic rings. The van der Waals surface area contributed by atoms with E-state index in [0.29, 0.717) is 16.3 Å². The van der Waals surface area contributed by atoms with Crippen molar-refractivity contribution in [2.24, 2.45) is 5.18 Å². The molecule has 2 aromatic carbocycles. The van der Waals surface area contributed by atoms with E-state index in [-0.39, 0.29) is 0 Å². The lowest BCUT2D eigenvalue weighted by atomic mass is 10.1. The number of methoxy groups -OCH3 is 1. The predicted octanol–water partition coefficient (Wildman–Crippen LogP) is 3.54. The summed E-state index contributed by atoms with van der Waals surface area (Å²) in [5, 5.41) is 4.71. The number of hydrogen-bond acceptors (Lipinski definition) is 4. The zero-order valence-electron chi connectivity index (χ0n) is 8.10. The molecule has 76 valence electrons. The number of ether oxygens (including phenoxy) is 1. The van der Waals surface area contributed by atoms with Gasteiger partial charge in [-0.15, -0.1) is 17.5 Å². The average molecular weight is 219 g/mol. The van der Waals surface area contributed by atoms with Crippen molar-refractivity contribution in [1.29, 1.82) is 0 Å². The zero-order valence-corrected chi connectivity index (χ0v) is 8.99. The first-order chi connectivity index (χ1) is 7.27. The highest BCUT2D eigenvalue weighted by Crippen LogP contribution is 2.39. The summed E-state index contributed by atoms with van der Waals surface area (Å²) in [6, 6.07) is 9.34. The maximum atomic E-state index is 10.8. The lowest BCUT2D eigenvalue weighted by molar-refractivity contribution is 0.406. The third-order valence-corrected chi connectivity index (χ3v) is 2.70. The van der Waals surface area contributed by atoms with Crippen LogP contribution in [0.15, 0.2) is 40.4 Å². The standard InChI is InChI=1S/C11H9NO2S/c1-14-9-6-7-4-2-3-5-8(7)10(12-13)11(9)15/h2-6,15H,1H3. The molecule has 0 saturated carbocycles. The Labute approximate surface area is 92.4 Å². The van der Waals surface area contributed by atoms with Crippen LogP contribution in [-0.2, 0) is 0 Å². The second kappa shape index (κ2) is 3.90. The maximum absolute atomic E-state index is 10.8. The summed E-state index contributed by atoms with van der Waals surface area (Å²) in [6.07, 6.45) is 0. The van der Waals surface area contributed by atoms with E-state index in [2.05, 4.69) is 17.8 Å². The van der Waals surface area contributed by atoms with E-state index in [1.807, 2.05) is 30.3 Å². The molecule has 0 aromatic heterocycles. The first-order valence-electron chi connectivity index (χ1n) is 4.40. The zero-order chi connectivity index (χ0) is 10.8. The third-order valence-electron chi connectivity index (χ3n) is 2.27. The molecule has 0 N–H and O–H groups in total. The Balaban J connectivity index is 2.89. The van der Waals surface area contributed by atoms with E-state index < -0.39 is 0 Å². The first kappa shape index (κ1) is 9.98. The van der Waals surface area contributed by atoms with Crippen LogP contribution in [0.2, 0.25) is 0 Å². The summed E-state index contributed by atoms with van der Waals surface area (Å²) in [7, 11) is 1.54. The Morgan fingerprint density at radius 2 is 2.07 bits per heavy atom. The Hall–Kier alpha value is -1.55. The van der Waals surface area contributed by atoms with Crippen molar-refractivity contribution in [3.8, 4) is 5.75 Å². The smallest absolute Gasteiger partial charge is 0.135 e. The fourth-order valence-corrected chi connectivity index (χ4v) is 1.86. The molecular formula is C11H9NO2S. The molecule has 3 nitrogen and oxygen atoms in total. The topological polar surface area (TPSA) is 38.7 Å². The van der Waals surface area contributed by atoms with Gasteiger partial charge in [-0.25, -0.2) is 0 Å². The van der Waals surface area contributed by atoms with E-state index >= 15 is 0 Å². The van der Waals surface area contributed by atoms with Gasteiger partial charge in [0.1, 0.15) is 11.4 Å². The normalized spacial score (nSPS) is 10.3. The summed E-state index contributed by atoms with van der Waals surface area (Å²) in [6.45, 7) is 0. The highest BCUT2D eigenvalue weighted by atomic mass is 32.1. The molecule has 0 radical (unpaired) electrons. The molecule has 4 heteroatoms. The second-order valence-electron chi connectivity index (χ2n) is 3.09. The van der Waals surface area contributed by atoms with Crippen LogP contribution in [0.5, 0.6) is 5.75 Å². The molecule has 0 fully saturated rings. The summed E-state index contributed by atoms with van der Waals surface area (Å²) in [4.78, 5) is 11.2. The lowest BCUT2D eigenvalue weighted by Gasteiger charge is -2.08. The molecule has 0 unspecified atom stereocenters. The third kappa shape index (κ3) is 1.57. The van der Waals surface area contributed by atoms with Gasteiger partial charge in [-0.05, 0) is 16.6 Å². The molecule has 0 saturated heterocycles. The van der Waals surface area contributed by atoms with E-state index in [1.54, 1.807) is 7.11 Å². The van der Waals surface area contributed by atoms with Gasteiger partial charge in [0.2, 0.25) is 0 Å². The number of hydrogen-bond donors (Lipinski definition) is 1. The predicted molar refractivity (Wildman–Crippen MR) is 63.2 cm³/mol. The number of benzene rings is 2. The van der Waals surface area contributed by atoms with Crippen molar-refractivity contribution in [2.75, 3.05) is 7.11 Å². The summed E-state index contributed by atoms with van der Waals surface area (Å²) in [5.74, 6) is 0.562.